The summed E-state index contributed by atoms with van der Waals surface area (Å²) in [7, 11) is 0. The Morgan fingerprint density at radius 1 is 1.29 bits per heavy atom. The molecule has 1 aliphatic heterocycles. The fraction of sp³-hybridized carbons (Fsp3) is 0.632. The lowest BCUT2D eigenvalue weighted by atomic mass is 9.95. The predicted molar refractivity (Wildman–Crippen MR) is 96.2 cm³/mol. The van der Waals surface area contributed by atoms with Gasteiger partial charge in [-0.05, 0) is 71.6 Å². The first kappa shape index (κ1) is 18.4. The Kier molecular flexibility index (Phi) is 5.62. The van der Waals surface area contributed by atoms with Crippen LogP contribution in [0.5, 0.6) is 5.75 Å². The molecule has 1 heterocycles. The van der Waals surface area contributed by atoms with Crippen LogP contribution in [0.15, 0.2) is 18.2 Å². The molecule has 0 saturated carbocycles. The highest BCUT2D eigenvalue weighted by molar-refractivity contribution is 5.69. The highest BCUT2D eigenvalue weighted by Gasteiger charge is 2.31. The minimum absolute atomic E-state index is 0.00344. The summed E-state index contributed by atoms with van der Waals surface area (Å²) in [6.45, 7) is 10.3. The maximum absolute atomic E-state index is 12.6. The summed E-state index contributed by atoms with van der Waals surface area (Å²) in [5.74, 6) is 0.678. The standard InChI is InChI=1S/C19H30N2O3/c1-13(2)23-17-12-14(9-10-15(17)20)16-8-6-7-11-21(16)18(22)24-19(3,4)5/h9-10,12-13,16H,6-8,11,20H2,1-5H3. The van der Waals surface area contributed by atoms with Gasteiger partial charge in [0, 0.05) is 6.54 Å². The van der Waals surface area contributed by atoms with Crippen molar-refractivity contribution in [3.8, 4) is 5.75 Å². The monoisotopic (exact) mass is 334 g/mol. The van der Waals surface area contributed by atoms with Crippen molar-refractivity contribution in [2.45, 2.75) is 71.6 Å². The Morgan fingerprint density at radius 3 is 2.62 bits per heavy atom. The number of amides is 1. The first-order valence-corrected chi connectivity index (χ1v) is 8.73. The number of hydrogen-bond acceptors (Lipinski definition) is 4. The maximum Gasteiger partial charge on any atom is 0.410 e. The van der Waals surface area contributed by atoms with E-state index in [1.807, 2.05) is 57.7 Å². The van der Waals surface area contributed by atoms with E-state index >= 15 is 0 Å². The molecule has 1 aromatic carbocycles. The quantitative estimate of drug-likeness (QED) is 0.826. The Hall–Kier alpha value is -1.91. The SMILES string of the molecule is CC(C)Oc1cc(C2CCCCN2C(=O)OC(C)(C)C)ccc1N. The minimum Gasteiger partial charge on any atom is -0.489 e. The maximum atomic E-state index is 12.6. The van der Waals surface area contributed by atoms with Gasteiger partial charge in [-0.15, -0.1) is 0 Å². The molecule has 0 aliphatic carbocycles. The van der Waals surface area contributed by atoms with E-state index in [1.165, 1.54) is 0 Å². The lowest BCUT2D eigenvalue weighted by Gasteiger charge is -2.37. The van der Waals surface area contributed by atoms with E-state index in [1.54, 1.807) is 0 Å². The van der Waals surface area contributed by atoms with Gasteiger partial charge in [-0.25, -0.2) is 4.79 Å². The van der Waals surface area contributed by atoms with Gasteiger partial charge in [-0.3, -0.25) is 0 Å². The average Bonchev–Trinajstić information content (AvgIpc) is 2.47. The molecule has 1 fully saturated rings. The van der Waals surface area contributed by atoms with Crippen LogP contribution < -0.4 is 10.5 Å². The van der Waals surface area contributed by atoms with E-state index in [9.17, 15) is 4.79 Å². The van der Waals surface area contributed by atoms with Crippen LogP contribution in [0.25, 0.3) is 0 Å². The van der Waals surface area contributed by atoms with E-state index < -0.39 is 5.60 Å². The lowest BCUT2D eigenvalue weighted by Crippen LogP contribution is -2.41. The second kappa shape index (κ2) is 7.32. The van der Waals surface area contributed by atoms with Crippen molar-refractivity contribution < 1.29 is 14.3 Å². The van der Waals surface area contributed by atoms with Gasteiger partial charge in [0.15, 0.2) is 0 Å². The molecule has 2 N–H and O–H groups in total. The van der Waals surface area contributed by atoms with Crippen LogP contribution in [0.4, 0.5) is 10.5 Å². The Bertz CT molecular complexity index is 578. The second-order valence-electron chi connectivity index (χ2n) is 7.65. The number of anilines is 1. The number of hydrogen-bond donors (Lipinski definition) is 1. The van der Waals surface area contributed by atoms with Crippen molar-refractivity contribution in [3.63, 3.8) is 0 Å². The minimum atomic E-state index is -0.494. The van der Waals surface area contributed by atoms with Crippen LogP contribution in [0.2, 0.25) is 0 Å². The van der Waals surface area contributed by atoms with Crippen molar-refractivity contribution in [1.29, 1.82) is 0 Å². The van der Waals surface area contributed by atoms with Crippen molar-refractivity contribution >= 4 is 11.8 Å². The predicted octanol–water partition coefficient (Wildman–Crippen LogP) is 4.52. The largest absolute Gasteiger partial charge is 0.489 e. The van der Waals surface area contributed by atoms with Crippen LogP contribution in [0.1, 0.15) is 65.5 Å². The second-order valence-corrected chi connectivity index (χ2v) is 7.65. The third-order valence-electron chi connectivity index (χ3n) is 3.92. The molecule has 1 atom stereocenters. The fourth-order valence-corrected chi connectivity index (χ4v) is 2.93. The molecule has 24 heavy (non-hydrogen) atoms. The summed E-state index contributed by atoms with van der Waals surface area (Å²) in [6.07, 6.45) is 2.81. The molecule has 2 rings (SSSR count). The molecule has 1 amide bonds. The van der Waals surface area contributed by atoms with Crippen LogP contribution in [0, 0.1) is 0 Å². The van der Waals surface area contributed by atoms with Gasteiger partial charge in [-0.2, -0.15) is 0 Å². The Balaban J connectivity index is 2.25. The van der Waals surface area contributed by atoms with E-state index in [2.05, 4.69) is 0 Å². The normalized spacial score (nSPS) is 18.6. The summed E-state index contributed by atoms with van der Waals surface area (Å²) in [4.78, 5) is 14.4. The molecule has 1 aromatic rings. The van der Waals surface area contributed by atoms with Crippen molar-refractivity contribution in [2.24, 2.45) is 0 Å². The molecule has 0 spiro atoms. The Morgan fingerprint density at radius 2 is 2.00 bits per heavy atom. The third-order valence-corrected chi connectivity index (χ3v) is 3.92. The molecule has 5 heteroatoms. The van der Waals surface area contributed by atoms with E-state index in [0.717, 1.165) is 24.8 Å². The molecular weight excluding hydrogens is 304 g/mol. The van der Waals surface area contributed by atoms with Gasteiger partial charge < -0.3 is 20.1 Å². The number of nitrogen functional groups attached to an aromatic ring is 1. The number of piperidine rings is 1. The van der Waals surface area contributed by atoms with Crippen molar-refractivity contribution in [3.05, 3.63) is 23.8 Å². The zero-order valence-electron chi connectivity index (χ0n) is 15.5. The summed E-state index contributed by atoms with van der Waals surface area (Å²) >= 11 is 0. The number of rotatable bonds is 3. The summed E-state index contributed by atoms with van der Waals surface area (Å²) in [5.41, 5.74) is 7.19. The number of nitrogens with two attached hydrogens (primary N) is 1. The summed E-state index contributed by atoms with van der Waals surface area (Å²) in [5, 5.41) is 0. The molecule has 1 unspecified atom stereocenters. The zero-order valence-corrected chi connectivity index (χ0v) is 15.5. The summed E-state index contributed by atoms with van der Waals surface area (Å²) in [6, 6.07) is 5.80. The van der Waals surface area contributed by atoms with Gasteiger partial charge in [0.25, 0.3) is 0 Å². The Labute approximate surface area is 145 Å². The number of nitrogens with zero attached hydrogens (tertiary/aromatic N) is 1. The van der Waals surface area contributed by atoms with Crippen molar-refractivity contribution in [1.82, 2.24) is 4.90 Å². The molecule has 5 nitrogen and oxygen atoms in total. The van der Waals surface area contributed by atoms with E-state index in [0.29, 0.717) is 18.0 Å². The smallest absolute Gasteiger partial charge is 0.410 e. The average molecular weight is 334 g/mol. The van der Waals surface area contributed by atoms with Gasteiger partial charge in [-0.1, -0.05) is 6.07 Å². The van der Waals surface area contributed by atoms with Gasteiger partial charge >= 0.3 is 6.09 Å². The van der Waals surface area contributed by atoms with Crippen LogP contribution in [-0.2, 0) is 4.74 Å². The topological polar surface area (TPSA) is 64.8 Å². The number of carbonyl (C=O) groups excluding carboxylic acids is 1. The van der Waals surface area contributed by atoms with E-state index in [4.69, 9.17) is 15.2 Å². The molecule has 1 saturated heterocycles. The number of likely N-dealkylation sites (tertiary alicyclic amines) is 1. The van der Waals surface area contributed by atoms with Crippen LogP contribution in [-0.4, -0.2) is 29.2 Å². The molecule has 0 aromatic heterocycles. The number of carbonyl (C=O) groups is 1. The lowest BCUT2D eigenvalue weighted by molar-refractivity contribution is 0.00947. The highest BCUT2D eigenvalue weighted by Crippen LogP contribution is 2.35. The fourth-order valence-electron chi connectivity index (χ4n) is 2.93. The van der Waals surface area contributed by atoms with Crippen LogP contribution >= 0.6 is 0 Å². The summed E-state index contributed by atoms with van der Waals surface area (Å²) < 4.78 is 11.4. The molecule has 1 aliphatic rings. The third kappa shape index (κ3) is 4.79. The number of benzene rings is 1. The van der Waals surface area contributed by atoms with Crippen LogP contribution in [0.3, 0.4) is 0 Å². The first-order valence-electron chi connectivity index (χ1n) is 8.73. The van der Waals surface area contributed by atoms with E-state index in [-0.39, 0.29) is 18.2 Å². The highest BCUT2D eigenvalue weighted by atomic mass is 16.6. The molecule has 134 valence electrons. The molecule has 0 radical (unpaired) electrons. The zero-order chi connectivity index (χ0) is 17.9. The molecule has 0 bridgehead atoms. The first-order chi connectivity index (χ1) is 11.2. The van der Waals surface area contributed by atoms with Gasteiger partial charge in [0.05, 0.1) is 17.8 Å². The molecular formula is C19H30N2O3. The van der Waals surface area contributed by atoms with Gasteiger partial charge in [0.1, 0.15) is 11.4 Å². The van der Waals surface area contributed by atoms with Crippen molar-refractivity contribution in [2.75, 3.05) is 12.3 Å². The van der Waals surface area contributed by atoms with Gasteiger partial charge in [0.2, 0.25) is 0 Å². The number of ether oxygens (including phenoxy) is 2.